The van der Waals surface area contributed by atoms with E-state index < -0.39 is 18.5 Å². The van der Waals surface area contributed by atoms with Crippen LogP contribution in [0.5, 0.6) is 0 Å². The highest BCUT2D eigenvalue weighted by molar-refractivity contribution is 9.12. The van der Waals surface area contributed by atoms with Crippen molar-refractivity contribution in [1.29, 1.82) is 0 Å². The van der Waals surface area contributed by atoms with Crippen LogP contribution in [0, 0.1) is 0 Å². The fraction of sp³-hybridized carbons (Fsp3) is 0.478. The minimum Gasteiger partial charge on any atom is -0.480 e. The van der Waals surface area contributed by atoms with Crippen molar-refractivity contribution >= 4 is 39.6 Å². The van der Waals surface area contributed by atoms with Crippen LogP contribution >= 0.6 is 27.7 Å². The Kier molecular flexibility index (Phi) is 16.5. The Hall–Kier alpha value is -1.97. The summed E-state index contributed by atoms with van der Waals surface area (Å²) in [5.41, 5.74) is 1.91. The number of carbonyl (C=O) groups is 2. The first-order valence-corrected chi connectivity index (χ1v) is 12.5. The minimum atomic E-state index is -1.23. The molecule has 7 nitrogen and oxygen atoms in total. The second kappa shape index (κ2) is 17.6. The second-order valence-corrected chi connectivity index (χ2v) is 8.11. The molecule has 0 bridgehead atoms. The van der Waals surface area contributed by atoms with Crippen LogP contribution in [0.15, 0.2) is 56.8 Å². The van der Waals surface area contributed by atoms with Crippen LogP contribution in [0.3, 0.4) is 0 Å². The van der Waals surface area contributed by atoms with Gasteiger partial charge in [0.15, 0.2) is 6.61 Å². The van der Waals surface area contributed by atoms with E-state index in [0.29, 0.717) is 10.5 Å². The van der Waals surface area contributed by atoms with Crippen LogP contribution in [-0.4, -0.2) is 54.1 Å². The lowest BCUT2D eigenvalue weighted by Crippen LogP contribution is -2.39. The molecule has 1 aliphatic heterocycles. The number of piperidine rings is 1. The third-order valence-electron chi connectivity index (χ3n) is 4.19. The van der Waals surface area contributed by atoms with Crippen LogP contribution in [0.2, 0.25) is 0 Å². The monoisotopic (exact) mass is 530 g/mol. The number of carboxylic acid groups (broad SMARTS) is 2. The summed E-state index contributed by atoms with van der Waals surface area (Å²) in [7, 11) is 0. The Labute approximate surface area is 203 Å². The summed E-state index contributed by atoms with van der Waals surface area (Å²) in [6.07, 6.45) is 12.6. The van der Waals surface area contributed by atoms with E-state index in [1.807, 2.05) is 58.3 Å². The van der Waals surface area contributed by atoms with Gasteiger partial charge in [-0.15, -0.1) is 11.8 Å². The van der Waals surface area contributed by atoms with E-state index in [1.54, 1.807) is 0 Å². The third kappa shape index (κ3) is 12.2. The fourth-order valence-corrected chi connectivity index (χ4v) is 4.45. The van der Waals surface area contributed by atoms with E-state index in [1.165, 1.54) is 11.8 Å². The lowest BCUT2D eigenvalue weighted by Gasteiger charge is -2.24. The molecule has 0 radical (unpaired) electrons. The van der Waals surface area contributed by atoms with Gasteiger partial charge in [0.25, 0.3) is 0 Å². The Morgan fingerprint density at radius 1 is 1.25 bits per heavy atom. The molecule has 0 atom stereocenters. The minimum absolute atomic E-state index is 0.0544. The molecule has 32 heavy (non-hydrogen) atoms. The van der Waals surface area contributed by atoms with Gasteiger partial charge in [-0.2, -0.15) is 0 Å². The molecule has 0 spiro atoms. The summed E-state index contributed by atoms with van der Waals surface area (Å²) >= 11 is 4.77. The molecule has 1 aliphatic rings. The Balaban J connectivity index is 0.00000466. The van der Waals surface area contributed by atoms with Gasteiger partial charge >= 0.3 is 11.9 Å². The predicted octanol–water partition coefficient (Wildman–Crippen LogP) is 4.80. The summed E-state index contributed by atoms with van der Waals surface area (Å²) in [6, 6.07) is 0.475. The highest BCUT2D eigenvalue weighted by Crippen LogP contribution is 2.34. The summed E-state index contributed by atoms with van der Waals surface area (Å²) in [4.78, 5) is 22.7. The number of ether oxygens (including phenoxy) is 1. The molecule has 4 N–H and O–H groups in total. The number of aliphatic carboxylic acids is 2. The standard InChI is InChI=1S/C21H29BrN2O5S.C2H6/c1-4-15(7-5-6-14(2)24-16-8-10-23-11-9-16)21(30-3)20(22)17(12-18(25)26)29-13-19(27)28;1-2/h4-7,12,16,23-24H,8-11,13H2,1-3H3,(H,25,26)(H,27,28);1-2H3/b7-5-,14-6+,15-4+,17-12-,21-20+;. The van der Waals surface area contributed by atoms with Crippen LogP contribution in [-0.2, 0) is 14.3 Å². The smallest absolute Gasteiger partial charge is 0.341 e. The Morgan fingerprint density at radius 3 is 2.38 bits per heavy atom. The lowest BCUT2D eigenvalue weighted by atomic mass is 10.1. The van der Waals surface area contributed by atoms with Crippen LogP contribution < -0.4 is 10.6 Å². The van der Waals surface area contributed by atoms with Gasteiger partial charge in [-0.25, -0.2) is 9.59 Å². The van der Waals surface area contributed by atoms with Crippen molar-refractivity contribution in [1.82, 2.24) is 10.6 Å². The van der Waals surface area contributed by atoms with Crippen molar-refractivity contribution < 1.29 is 24.5 Å². The SMILES string of the molecule is C/C=C(\C=C/C=C(\C)NC1CCNCC1)C(/SC)=C(Br)/C(=C/C(=O)O)OCC(=O)O.CC. The zero-order chi connectivity index (χ0) is 24.5. The van der Waals surface area contributed by atoms with Crippen molar-refractivity contribution in [2.45, 2.75) is 46.6 Å². The molecule has 0 unspecified atom stereocenters. The van der Waals surface area contributed by atoms with Gasteiger partial charge in [0.05, 0.1) is 10.6 Å². The molecule has 1 heterocycles. The molecule has 0 aliphatic carbocycles. The topological polar surface area (TPSA) is 108 Å². The quantitative estimate of drug-likeness (QED) is 0.171. The van der Waals surface area contributed by atoms with Gasteiger partial charge in [0.2, 0.25) is 0 Å². The van der Waals surface area contributed by atoms with E-state index in [9.17, 15) is 9.59 Å². The number of allylic oxidation sites excluding steroid dienone is 7. The second-order valence-electron chi connectivity index (χ2n) is 6.50. The van der Waals surface area contributed by atoms with Crippen molar-refractivity contribution in [3.63, 3.8) is 0 Å². The Morgan fingerprint density at radius 2 is 1.88 bits per heavy atom. The normalized spacial score (nSPS) is 16.8. The average Bonchev–Trinajstić information content (AvgIpc) is 2.77. The van der Waals surface area contributed by atoms with Crippen LogP contribution in [0.4, 0.5) is 0 Å². The maximum absolute atomic E-state index is 11.1. The molecule has 0 aromatic heterocycles. The molecular weight excluding hydrogens is 496 g/mol. The maximum Gasteiger partial charge on any atom is 0.341 e. The van der Waals surface area contributed by atoms with Gasteiger partial charge in [0.1, 0.15) is 5.76 Å². The Bertz CT molecular complexity index is 766. The van der Waals surface area contributed by atoms with Gasteiger partial charge in [0, 0.05) is 16.6 Å². The number of rotatable bonds is 11. The molecular formula is C23H35BrN2O5S. The molecule has 9 heteroatoms. The molecule has 0 aromatic rings. The number of halogens is 1. The largest absolute Gasteiger partial charge is 0.480 e. The summed E-state index contributed by atoms with van der Waals surface area (Å²) in [5, 5.41) is 24.8. The van der Waals surface area contributed by atoms with Crippen molar-refractivity contribution in [3.8, 4) is 0 Å². The summed E-state index contributed by atoms with van der Waals surface area (Å²) in [5.74, 6) is -2.47. The molecule has 0 aromatic carbocycles. The van der Waals surface area contributed by atoms with E-state index in [4.69, 9.17) is 14.9 Å². The van der Waals surface area contributed by atoms with Crippen molar-refractivity contribution in [2.75, 3.05) is 26.0 Å². The number of thioether (sulfide) groups is 1. The first-order chi connectivity index (χ1) is 15.3. The first-order valence-electron chi connectivity index (χ1n) is 10.5. The zero-order valence-corrected chi connectivity index (χ0v) is 21.8. The average molecular weight is 532 g/mol. The number of carboxylic acids is 2. The zero-order valence-electron chi connectivity index (χ0n) is 19.4. The maximum atomic E-state index is 11.1. The number of hydrogen-bond donors (Lipinski definition) is 4. The summed E-state index contributed by atoms with van der Waals surface area (Å²) in [6.45, 7) is 9.31. The van der Waals surface area contributed by atoms with E-state index in [-0.39, 0.29) is 5.76 Å². The molecule has 0 amide bonds. The number of hydrogen-bond acceptors (Lipinski definition) is 6. The molecule has 180 valence electrons. The van der Waals surface area contributed by atoms with E-state index >= 15 is 0 Å². The fourth-order valence-electron chi connectivity index (χ4n) is 2.80. The van der Waals surface area contributed by atoms with E-state index in [2.05, 4.69) is 26.6 Å². The summed E-state index contributed by atoms with van der Waals surface area (Å²) < 4.78 is 5.54. The lowest BCUT2D eigenvalue weighted by molar-refractivity contribution is -0.141. The highest BCUT2D eigenvalue weighted by Gasteiger charge is 2.15. The van der Waals surface area contributed by atoms with Crippen molar-refractivity contribution in [3.05, 3.63) is 56.8 Å². The van der Waals surface area contributed by atoms with Crippen LogP contribution in [0.1, 0.15) is 40.5 Å². The molecule has 1 rings (SSSR count). The number of nitrogens with one attached hydrogen (secondary N) is 2. The molecule has 0 saturated carbocycles. The van der Waals surface area contributed by atoms with Gasteiger partial charge in [-0.3, -0.25) is 0 Å². The van der Waals surface area contributed by atoms with Gasteiger partial charge in [-0.05, 0) is 73.6 Å². The van der Waals surface area contributed by atoms with Crippen molar-refractivity contribution in [2.24, 2.45) is 0 Å². The third-order valence-corrected chi connectivity index (χ3v) is 6.09. The van der Waals surface area contributed by atoms with Gasteiger partial charge < -0.3 is 25.6 Å². The highest BCUT2D eigenvalue weighted by atomic mass is 79.9. The van der Waals surface area contributed by atoms with E-state index in [0.717, 1.165) is 48.2 Å². The predicted molar refractivity (Wildman–Crippen MR) is 136 cm³/mol. The molecule has 1 fully saturated rings. The van der Waals surface area contributed by atoms with Gasteiger partial charge in [-0.1, -0.05) is 32.1 Å². The van der Waals surface area contributed by atoms with Crippen LogP contribution in [0.25, 0.3) is 0 Å². The molecule has 1 saturated heterocycles. The first kappa shape index (κ1) is 30.0.